The van der Waals surface area contributed by atoms with Gasteiger partial charge in [-0.3, -0.25) is 4.72 Å². The number of nitrogens with zero attached hydrogens (tertiary/aromatic N) is 1. The fourth-order valence-corrected chi connectivity index (χ4v) is 3.52. The van der Waals surface area contributed by atoms with E-state index < -0.39 is 15.8 Å². The first-order chi connectivity index (χ1) is 9.85. The van der Waals surface area contributed by atoms with Crippen LogP contribution in [0.1, 0.15) is 5.56 Å². The van der Waals surface area contributed by atoms with Gasteiger partial charge in [0.25, 0.3) is 10.0 Å². The molecule has 0 amide bonds. The average molecular weight is 390 g/mol. The zero-order chi connectivity index (χ0) is 15.6. The zero-order valence-corrected chi connectivity index (χ0v) is 13.4. The molecule has 0 aliphatic rings. The third-order valence-corrected chi connectivity index (χ3v) is 4.89. The Bertz CT molecular complexity index is 829. The van der Waals surface area contributed by atoms with E-state index >= 15 is 0 Å². The van der Waals surface area contributed by atoms with Gasteiger partial charge in [0.15, 0.2) is 0 Å². The summed E-state index contributed by atoms with van der Waals surface area (Å²) in [4.78, 5) is -0.165. The van der Waals surface area contributed by atoms with Gasteiger partial charge < -0.3 is 0 Å². The lowest BCUT2D eigenvalue weighted by molar-refractivity contribution is 0.598. The second-order valence-electron chi connectivity index (χ2n) is 3.96. The van der Waals surface area contributed by atoms with Crippen molar-refractivity contribution in [1.29, 1.82) is 5.26 Å². The SMILES string of the molecule is N#Cc1ccc(S(=O)(=O)Nc2c(F)cccc2Br)cc1Cl. The van der Waals surface area contributed by atoms with Crippen molar-refractivity contribution in [3.63, 3.8) is 0 Å². The largest absolute Gasteiger partial charge is 0.275 e. The lowest BCUT2D eigenvalue weighted by Gasteiger charge is -2.11. The van der Waals surface area contributed by atoms with Crippen LogP contribution in [0.15, 0.2) is 45.8 Å². The number of sulfonamides is 1. The molecule has 0 radical (unpaired) electrons. The van der Waals surface area contributed by atoms with Crippen molar-refractivity contribution in [3.8, 4) is 6.07 Å². The minimum Gasteiger partial charge on any atom is -0.275 e. The van der Waals surface area contributed by atoms with Crippen LogP contribution in [0.4, 0.5) is 10.1 Å². The predicted molar refractivity (Wildman–Crippen MR) is 81.1 cm³/mol. The van der Waals surface area contributed by atoms with Crippen molar-refractivity contribution in [2.75, 3.05) is 4.72 Å². The second kappa shape index (κ2) is 6.02. The van der Waals surface area contributed by atoms with Crippen LogP contribution in [0.2, 0.25) is 5.02 Å². The number of nitrogens with one attached hydrogen (secondary N) is 1. The zero-order valence-electron chi connectivity index (χ0n) is 10.3. The molecule has 0 saturated heterocycles. The molecule has 0 saturated carbocycles. The fraction of sp³-hybridized carbons (Fsp3) is 0. The monoisotopic (exact) mass is 388 g/mol. The number of hydrogen-bond donors (Lipinski definition) is 1. The summed E-state index contributed by atoms with van der Waals surface area (Å²) in [7, 11) is -4.02. The molecule has 0 aliphatic heterocycles. The van der Waals surface area contributed by atoms with Gasteiger partial charge in [0.1, 0.15) is 11.9 Å². The summed E-state index contributed by atoms with van der Waals surface area (Å²) in [6, 6.07) is 9.55. The average Bonchev–Trinajstić information content (AvgIpc) is 2.43. The summed E-state index contributed by atoms with van der Waals surface area (Å²) in [6.45, 7) is 0. The molecule has 1 N–H and O–H groups in total. The Balaban J connectivity index is 2.44. The van der Waals surface area contributed by atoms with E-state index in [1.54, 1.807) is 0 Å². The molecule has 108 valence electrons. The molecule has 0 spiro atoms. The predicted octanol–water partition coefficient (Wildman–Crippen LogP) is 3.91. The first kappa shape index (κ1) is 15.8. The molecular formula is C13H7BrClFN2O2S. The third kappa shape index (κ3) is 3.35. The van der Waals surface area contributed by atoms with Gasteiger partial charge in [0.05, 0.1) is 21.2 Å². The van der Waals surface area contributed by atoms with Gasteiger partial charge in [0.2, 0.25) is 0 Å². The molecule has 8 heteroatoms. The number of halogens is 3. The summed E-state index contributed by atoms with van der Waals surface area (Å²) < 4.78 is 40.5. The van der Waals surface area contributed by atoms with Crippen molar-refractivity contribution < 1.29 is 12.8 Å². The number of hydrogen-bond acceptors (Lipinski definition) is 3. The third-order valence-electron chi connectivity index (χ3n) is 2.57. The van der Waals surface area contributed by atoms with Crippen LogP contribution in [0.25, 0.3) is 0 Å². The van der Waals surface area contributed by atoms with Gasteiger partial charge in [-0.25, -0.2) is 12.8 Å². The number of benzene rings is 2. The van der Waals surface area contributed by atoms with E-state index in [0.717, 1.165) is 12.1 Å². The number of para-hydroxylation sites is 1. The highest BCUT2D eigenvalue weighted by Gasteiger charge is 2.19. The van der Waals surface area contributed by atoms with Crippen LogP contribution in [-0.2, 0) is 10.0 Å². The Labute approximate surface area is 134 Å². The van der Waals surface area contributed by atoms with E-state index in [0.29, 0.717) is 0 Å². The van der Waals surface area contributed by atoms with Gasteiger partial charge in [-0.15, -0.1) is 0 Å². The van der Waals surface area contributed by atoms with Gasteiger partial charge in [-0.1, -0.05) is 17.7 Å². The van der Waals surface area contributed by atoms with Crippen LogP contribution < -0.4 is 4.72 Å². The second-order valence-corrected chi connectivity index (χ2v) is 6.90. The van der Waals surface area contributed by atoms with Crippen molar-refractivity contribution in [2.24, 2.45) is 0 Å². The molecule has 21 heavy (non-hydrogen) atoms. The maximum Gasteiger partial charge on any atom is 0.262 e. The normalized spacial score (nSPS) is 11.0. The first-order valence-electron chi connectivity index (χ1n) is 5.51. The lowest BCUT2D eigenvalue weighted by Crippen LogP contribution is -2.14. The standard InChI is InChI=1S/C13H7BrClFN2O2S/c14-10-2-1-3-12(16)13(10)18-21(19,20)9-5-4-8(7-17)11(15)6-9/h1-6,18H. The van der Waals surface area contributed by atoms with Crippen molar-refractivity contribution in [1.82, 2.24) is 0 Å². The Hall–Kier alpha value is -1.62. The topological polar surface area (TPSA) is 70.0 Å². The van der Waals surface area contributed by atoms with Crippen LogP contribution in [0.3, 0.4) is 0 Å². The number of rotatable bonds is 3. The summed E-state index contributed by atoms with van der Waals surface area (Å²) in [5.41, 5.74) is -0.0410. The minimum atomic E-state index is -4.02. The molecule has 2 rings (SSSR count). The van der Waals surface area contributed by atoms with Crippen LogP contribution >= 0.6 is 27.5 Å². The molecule has 2 aromatic rings. The molecule has 0 fully saturated rings. The molecule has 0 heterocycles. The van der Waals surface area contributed by atoms with E-state index in [1.165, 1.54) is 24.3 Å². The van der Waals surface area contributed by atoms with E-state index in [4.69, 9.17) is 16.9 Å². The van der Waals surface area contributed by atoms with E-state index in [2.05, 4.69) is 20.7 Å². The van der Waals surface area contributed by atoms with Crippen molar-refractivity contribution in [3.05, 3.63) is 57.3 Å². The van der Waals surface area contributed by atoms with Gasteiger partial charge in [0, 0.05) is 4.47 Å². The van der Waals surface area contributed by atoms with Crippen molar-refractivity contribution in [2.45, 2.75) is 4.90 Å². The summed E-state index contributed by atoms with van der Waals surface area (Å²) in [5, 5.41) is 8.77. The van der Waals surface area contributed by atoms with Crippen LogP contribution in [-0.4, -0.2) is 8.42 Å². The highest BCUT2D eigenvalue weighted by atomic mass is 79.9. The first-order valence-corrected chi connectivity index (χ1v) is 8.17. The van der Waals surface area contributed by atoms with Crippen LogP contribution in [0.5, 0.6) is 0 Å². The van der Waals surface area contributed by atoms with Gasteiger partial charge in [-0.05, 0) is 46.3 Å². The molecule has 0 unspecified atom stereocenters. The maximum atomic E-state index is 13.7. The van der Waals surface area contributed by atoms with Crippen molar-refractivity contribution >= 4 is 43.2 Å². The minimum absolute atomic E-state index is 0.00738. The number of anilines is 1. The van der Waals surface area contributed by atoms with Gasteiger partial charge >= 0.3 is 0 Å². The van der Waals surface area contributed by atoms with E-state index in [-0.39, 0.29) is 25.6 Å². The molecule has 4 nitrogen and oxygen atoms in total. The lowest BCUT2D eigenvalue weighted by atomic mass is 10.2. The van der Waals surface area contributed by atoms with E-state index in [1.807, 2.05) is 6.07 Å². The Morgan fingerprint density at radius 3 is 2.57 bits per heavy atom. The quantitative estimate of drug-likeness (QED) is 0.865. The summed E-state index contributed by atoms with van der Waals surface area (Å²) in [6.07, 6.45) is 0. The molecule has 0 atom stereocenters. The Kier molecular flexibility index (Phi) is 4.52. The summed E-state index contributed by atoms with van der Waals surface area (Å²) in [5.74, 6) is -0.715. The van der Waals surface area contributed by atoms with E-state index in [9.17, 15) is 12.8 Å². The maximum absolute atomic E-state index is 13.7. The van der Waals surface area contributed by atoms with Crippen LogP contribution in [0, 0.1) is 17.1 Å². The molecular weight excluding hydrogens is 383 g/mol. The Morgan fingerprint density at radius 2 is 2.00 bits per heavy atom. The summed E-state index contributed by atoms with van der Waals surface area (Å²) >= 11 is 8.88. The Morgan fingerprint density at radius 1 is 1.29 bits per heavy atom. The molecule has 0 aliphatic carbocycles. The highest BCUT2D eigenvalue weighted by molar-refractivity contribution is 9.10. The molecule has 0 aromatic heterocycles. The smallest absolute Gasteiger partial charge is 0.262 e. The molecule has 2 aromatic carbocycles. The number of nitriles is 1. The molecule has 0 bridgehead atoms. The fourth-order valence-electron chi connectivity index (χ4n) is 1.54. The highest BCUT2D eigenvalue weighted by Crippen LogP contribution is 2.28. The van der Waals surface area contributed by atoms with Gasteiger partial charge in [-0.2, -0.15) is 5.26 Å².